The zero-order chi connectivity index (χ0) is 20.7. The van der Waals surface area contributed by atoms with Crippen molar-refractivity contribution < 1.29 is 18.0 Å². The molecule has 1 aromatic heterocycles. The number of primary amides is 1. The Morgan fingerprint density at radius 1 is 1.25 bits per heavy atom. The van der Waals surface area contributed by atoms with E-state index in [1.54, 1.807) is 24.3 Å². The Morgan fingerprint density at radius 2 is 1.89 bits per heavy atom. The molecule has 3 rings (SSSR count). The lowest BCUT2D eigenvalue weighted by Crippen LogP contribution is -2.24. The second-order valence-electron chi connectivity index (χ2n) is 7.46. The van der Waals surface area contributed by atoms with Gasteiger partial charge in [0.15, 0.2) is 0 Å². The van der Waals surface area contributed by atoms with Crippen LogP contribution in [0.5, 0.6) is 0 Å². The lowest BCUT2D eigenvalue weighted by atomic mass is 10.0. The van der Waals surface area contributed by atoms with Gasteiger partial charge in [-0.3, -0.25) is 9.59 Å². The minimum atomic E-state index is -3.85. The van der Waals surface area contributed by atoms with Gasteiger partial charge < -0.3 is 11.1 Å². The molecule has 1 aliphatic rings. The highest BCUT2D eigenvalue weighted by Gasteiger charge is 2.48. The van der Waals surface area contributed by atoms with Gasteiger partial charge in [0.2, 0.25) is 15.7 Å². The molecule has 1 aromatic carbocycles. The minimum Gasteiger partial charge on any atom is -0.366 e. The molecule has 6 nitrogen and oxygen atoms in total. The molecule has 0 spiro atoms. The number of nitrogens with one attached hydrogen (secondary N) is 1. The van der Waals surface area contributed by atoms with Gasteiger partial charge in [0, 0.05) is 5.41 Å². The van der Waals surface area contributed by atoms with E-state index in [-0.39, 0.29) is 31.5 Å². The number of carbonyl (C=O) groups is 2. The van der Waals surface area contributed by atoms with Crippen molar-refractivity contribution in [1.82, 2.24) is 0 Å². The molecule has 1 fully saturated rings. The van der Waals surface area contributed by atoms with Gasteiger partial charge in [-0.15, -0.1) is 11.3 Å². The Labute approximate surface area is 169 Å². The quantitative estimate of drug-likeness (QED) is 0.708. The van der Waals surface area contributed by atoms with Crippen LogP contribution in [0.4, 0.5) is 5.00 Å². The number of rotatable bonds is 7. The first-order valence-electron chi connectivity index (χ1n) is 9.21. The maximum absolute atomic E-state index is 13.2. The van der Waals surface area contributed by atoms with Crippen LogP contribution in [0.3, 0.4) is 0 Å². The molecule has 1 heterocycles. The predicted molar refractivity (Wildman–Crippen MR) is 109 cm³/mol. The van der Waals surface area contributed by atoms with Crippen LogP contribution in [0.15, 0.2) is 39.4 Å². The zero-order valence-corrected chi connectivity index (χ0v) is 17.7. The molecule has 1 aliphatic carbocycles. The van der Waals surface area contributed by atoms with Crippen molar-refractivity contribution in [3.63, 3.8) is 0 Å². The number of anilines is 1. The molecule has 0 radical (unpaired) electrons. The number of benzene rings is 1. The van der Waals surface area contributed by atoms with Crippen molar-refractivity contribution in [2.24, 2.45) is 11.1 Å². The summed E-state index contributed by atoms with van der Waals surface area (Å²) in [7, 11) is -3.85. The normalized spacial score (nSPS) is 15.4. The number of thiophene rings is 1. The summed E-state index contributed by atoms with van der Waals surface area (Å²) >= 11 is 0.872. The van der Waals surface area contributed by atoms with Crippen LogP contribution in [0.1, 0.15) is 61.9 Å². The molecule has 0 saturated heterocycles. The molecule has 0 bridgehead atoms. The molecule has 2 aromatic rings. The monoisotopic (exact) mass is 420 g/mol. The van der Waals surface area contributed by atoms with Gasteiger partial charge in [-0.05, 0) is 42.9 Å². The van der Waals surface area contributed by atoms with Crippen LogP contribution in [-0.2, 0) is 14.6 Å². The van der Waals surface area contributed by atoms with Crippen molar-refractivity contribution >= 4 is 38.0 Å². The Hall–Kier alpha value is -2.19. The first-order chi connectivity index (χ1) is 13.1. The van der Waals surface area contributed by atoms with Crippen LogP contribution in [0, 0.1) is 5.41 Å². The third-order valence-corrected chi connectivity index (χ3v) is 8.66. The van der Waals surface area contributed by atoms with Crippen LogP contribution in [0.2, 0.25) is 0 Å². The van der Waals surface area contributed by atoms with Crippen molar-refractivity contribution in [2.75, 3.05) is 5.32 Å². The number of sulfone groups is 1. The molecular weight excluding hydrogens is 396 g/mol. The lowest BCUT2D eigenvalue weighted by molar-refractivity contribution is -0.121. The highest BCUT2D eigenvalue weighted by molar-refractivity contribution is 7.93. The first kappa shape index (κ1) is 20.5. The Morgan fingerprint density at radius 3 is 2.43 bits per heavy atom. The second kappa shape index (κ2) is 7.33. The molecule has 2 amide bonds. The fourth-order valence-corrected chi connectivity index (χ4v) is 6.33. The predicted octanol–water partition coefficient (Wildman–Crippen LogP) is 3.93. The largest absolute Gasteiger partial charge is 0.366 e. The van der Waals surface area contributed by atoms with E-state index in [9.17, 15) is 18.0 Å². The summed E-state index contributed by atoms with van der Waals surface area (Å²) in [6.07, 6.45) is 2.28. The van der Waals surface area contributed by atoms with Gasteiger partial charge in [0.1, 0.15) is 9.21 Å². The minimum absolute atomic E-state index is 0.00829. The standard InChI is InChI=1S/C20H24N2O4S2/c1-4-20(9-10-20)19(24)22-18-14(17(21)23)11-16(27-18)28(25,26)15-8-6-5-7-13(15)12(2)3/h5-8,11-12H,4,9-10H2,1-3H3,(H2,21,23)(H,22,24). The van der Waals surface area contributed by atoms with E-state index < -0.39 is 21.2 Å². The summed E-state index contributed by atoms with van der Waals surface area (Å²) in [6, 6.07) is 8.07. The molecule has 3 N–H and O–H groups in total. The number of carbonyl (C=O) groups excluding carboxylic acids is 2. The number of hydrogen-bond acceptors (Lipinski definition) is 5. The van der Waals surface area contributed by atoms with E-state index in [4.69, 9.17) is 5.73 Å². The summed E-state index contributed by atoms with van der Waals surface area (Å²) in [5.41, 5.74) is 5.75. The van der Waals surface area contributed by atoms with E-state index in [0.29, 0.717) is 12.0 Å². The maximum Gasteiger partial charge on any atom is 0.251 e. The van der Waals surface area contributed by atoms with E-state index in [0.717, 1.165) is 24.2 Å². The number of amides is 2. The van der Waals surface area contributed by atoms with Crippen LogP contribution in [-0.4, -0.2) is 20.2 Å². The third-order valence-electron chi connectivity index (χ3n) is 5.31. The summed E-state index contributed by atoms with van der Waals surface area (Å²) in [4.78, 5) is 24.6. The number of nitrogens with two attached hydrogens (primary N) is 1. The summed E-state index contributed by atoms with van der Waals surface area (Å²) in [6.45, 7) is 5.78. The van der Waals surface area contributed by atoms with Gasteiger partial charge in [-0.2, -0.15) is 0 Å². The lowest BCUT2D eigenvalue weighted by Gasteiger charge is -2.12. The Kier molecular flexibility index (Phi) is 5.38. The van der Waals surface area contributed by atoms with Crippen LogP contribution >= 0.6 is 11.3 Å². The summed E-state index contributed by atoms with van der Waals surface area (Å²) in [5, 5.41) is 2.93. The Balaban J connectivity index is 2.04. The van der Waals surface area contributed by atoms with Gasteiger partial charge in [0.25, 0.3) is 5.91 Å². The van der Waals surface area contributed by atoms with E-state index in [1.807, 2.05) is 20.8 Å². The first-order valence-corrected chi connectivity index (χ1v) is 11.5. The van der Waals surface area contributed by atoms with E-state index in [1.165, 1.54) is 6.07 Å². The molecule has 0 atom stereocenters. The maximum atomic E-state index is 13.2. The SMILES string of the molecule is CCC1(C(=O)Nc2sc(S(=O)(=O)c3ccccc3C(C)C)cc2C(N)=O)CC1. The molecule has 0 unspecified atom stereocenters. The third kappa shape index (κ3) is 3.58. The smallest absolute Gasteiger partial charge is 0.251 e. The molecular formula is C20H24N2O4S2. The van der Waals surface area contributed by atoms with Crippen molar-refractivity contribution in [3.8, 4) is 0 Å². The topological polar surface area (TPSA) is 106 Å². The van der Waals surface area contributed by atoms with Gasteiger partial charge in [-0.1, -0.05) is 39.0 Å². The molecule has 0 aliphatic heterocycles. The highest BCUT2D eigenvalue weighted by Crippen LogP contribution is 2.50. The molecule has 1 saturated carbocycles. The second-order valence-corrected chi connectivity index (χ2v) is 10.7. The van der Waals surface area contributed by atoms with E-state index in [2.05, 4.69) is 5.32 Å². The zero-order valence-electron chi connectivity index (χ0n) is 16.1. The molecule has 8 heteroatoms. The summed E-state index contributed by atoms with van der Waals surface area (Å²) < 4.78 is 26.5. The summed E-state index contributed by atoms with van der Waals surface area (Å²) in [5.74, 6) is -0.947. The molecule has 28 heavy (non-hydrogen) atoms. The fraction of sp³-hybridized carbons (Fsp3) is 0.400. The van der Waals surface area contributed by atoms with Crippen molar-refractivity contribution in [3.05, 3.63) is 41.5 Å². The van der Waals surface area contributed by atoms with Gasteiger partial charge >= 0.3 is 0 Å². The van der Waals surface area contributed by atoms with Crippen molar-refractivity contribution in [2.45, 2.75) is 55.1 Å². The average Bonchev–Trinajstić information content (AvgIpc) is 3.34. The number of hydrogen-bond donors (Lipinski definition) is 2. The van der Waals surface area contributed by atoms with Crippen molar-refractivity contribution in [1.29, 1.82) is 0 Å². The Bertz CT molecular complexity index is 1030. The van der Waals surface area contributed by atoms with Gasteiger partial charge in [-0.25, -0.2) is 8.42 Å². The van der Waals surface area contributed by atoms with Crippen LogP contribution in [0.25, 0.3) is 0 Å². The van der Waals surface area contributed by atoms with E-state index >= 15 is 0 Å². The van der Waals surface area contributed by atoms with Gasteiger partial charge in [0.05, 0.1) is 10.5 Å². The highest BCUT2D eigenvalue weighted by atomic mass is 32.2. The fourth-order valence-electron chi connectivity index (χ4n) is 3.22. The van der Waals surface area contributed by atoms with Crippen LogP contribution < -0.4 is 11.1 Å². The molecule has 150 valence electrons. The average molecular weight is 421 g/mol.